The highest BCUT2D eigenvalue weighted by Crippen LogP contribution is 2.35. The van der Waals surface area contributed by atoms with Crippen LogP contribution in [0, 0.1) is 6.92 Å². The summed E-state index contributed by atoms with van der Waals surface area (Å²) in [6, 6.07) is 14.6. The van der Waals surface area contributed by atoms with Gasteiger partial charge in [-0.3, -0.25) is 9.67 Å². The third-order valence-electron chi connectivity index (χ3n) is 6.61. The predicted octanol–water partition coefficient (Wildman–Crippen LogP) is 3.89. The lowest BCUT2D eigenvalue weighted by atomic mass is 10.1. The van der Waals surface area contributed by atoms with Gasteiger partial charge in [0.2, 0.25) is 0 Å². The van der Waals surface area contributed by atoms with Crippen LogP contribution in [0.3, 0.4) is 0 Å². The Morgan fingerprint density at radius 1 is 1.03 bits per heavy atom. The van der Waals surface area contributed by atoms with Crippen molar-refractivity contribution < 1.29 is 4.74 Å². The molecule has 0 saturated carbocycles. The number of anilines is 1. The van der Waals surface area contributed by atoms with E-state index < -0.39 is 0 Å². The van der Waals surface area contributed by atoms with Crippen molar-refractivity contribution in [3.8, 4) is 28.3 Å². The number of morpholine rings is 1. The Balaban J connectivity index is 1.50. The zero-order chi connectivity index (χ0) is 24.1. The van der Waals surface area contributed by atoms with Gasteiger partial charge in [0.25, 0.3) is 0 Å². The second-order valence-electron chi connectivity index (χ2n) is 8.86. The van der Waals surface area contributed by atoms with Crippen LogP contribution in [0.2, 0.25) is 0 Å². The molecule has 1 fully saturated rings. The van der Waals surface area contributed by atoms with Crippen LogP contribution in [0.4, 0.5) is 5.69 Å². The van der Waals surface area contributed by atoms with Gasteiger partial charge in [-0.2, -0.15) is 5.10 Å². The van der Waals surface area contributed by atoms with Crippen molar-refractivity contribution in [2.45, 2.75) is 6.92 Å². The lowest BCUT2D eigenvalue weighted by molar-refractivity contribution is 0.122. The van der Waals surface area contributed by atoms with E-state index in [-0.39, 0.29) is 0 Å². The van der Waals surface area contributed by atoms with Gasteiger partial charge in [0.1, 0.15) is 12.2 Å². The van der Waals surface area contributed by atoms with Crippen LogP contribution in [-0.2, 0) is 4.74 Å². The summed E-state index contributed by atoms with van der Waals surface area (Å²) in [7, 11) is 0. The van der Waals surface area contributed by atoms with Crippen molar-refractivity contribution in [2.75, 3.05) is 31.2 Å². The minimum atomic E-state index is 0.705. The first kappa shape index (κ1) is 20.8. The van der Waals surface area contributed by atoms with Crippen LogP contribution >= 0.6 is 0 Å². The number of nitrogens with one attached hydrogen (secondary N) is 2. The molecule has 0 atom stereocenters. The maximum Gasteiger partial charge on any atom is 0.163 e. The van der Waals surface area contributed by atoms with E-state index in [9.17, 15) is 0 Å². The molecule has 6 aromatic rings. The van der Waals surface area contributed by atoms with Crippen LogP contribution in [-0.4, -0.2) is 66.2 Å². The molecule has 4 aromatic heterocycles. The Labute approximate surface area is 206 Å². The molecule has 0 radical (unpaired) electrons. The van der Waals surface area contributed by atoms with Crippen LogP contribution in [0.15, 0.2) is 61.2 Å². The molecule has 0 aliphatic carbocycles. The van der Waals surface area contributed by atoms with Gasteiger partial charge in [-0.1, -0.05) is 18.2 Å². The number of aromatic nitrogens is 8. The van der Waals surface area contributed by atoms with Gasteiger partial charge in [0.15, 0.2) is 5.82 Å². The molecule has 2 N–H and O–H groups in total. The predicted molar refractivity (Wildman–Crippen MR) is 137 cm³/mol. The number of hydrogen-bond donors (Lipinski definition) is 2. The summed E-state index contributed by atoms with van der Waals surface area (Å²) in [4.78, 5) is 15.4. The van der Waals surface area contributed by atoms with E-state index in [1.165, 1.54) is 0 Å². The molecule has 10 heteroatoms. The summed E-state index contributed by atoms with van der Waals surface area (Å²) in [6.07, 6.45) is 5.52. The lowest BCUT2D eigenvalue weighted by Gasteiger charge is -2.29. The summed E-state index contributed by atoms with van der Waals surface area (Å²) in [5.74, 6) is 1.47. The van der Waals surface area contributed by atoms with Crippen molar-refractivity contribution in [1.82, 2.24) is 39.9 Å². The van der Waals surface area contributed by atoms with Crippen molar-refractivity contribution in [3.05, 3.63) is 67.0 Å². The molecule has 1 aliphatic heterocycles. The highest BCUT2D eigenvalue weighted by molar-refractivity contribution is 5.97. The Morgan fingerprint density at radius 3 is 2.72 bits per heavy atom. The van der Waals surface area contributed by atoms with E-state index in [0.29, 0.717) is 19.0 Å². The molecule has 36 heavy (non-hydrogen) atoms. The molecular formula is C26H23N9O. The molecule has 0 unspecified atom stereocenters. The molecule has 0 amide bonds. The van der Waals surface area contributed by atoms with E-state index in [1.807, 2.05) is 37.6 Å². The number of hydrogen-bond acceptors (Lipinski definition) is 7. The molecule has 7 rings (SSSR count). The van der Waals surface area contributed by atoms with Crippen LogP contribution < -0.4 is 4.90 Å². The largest absolute Gasteiger partial charge is 0.378 e. The van der Waals surface area contributed by atoms with Gasteiger partial charge in [-0.25, -0.2) is 9.97 Å². The standard InChI is InChI=1S/C26H23N9O/c1-16-30-26(33-32-16)20-10-18(34-6-8-36-9-7-34)11-24-25(20)27-15-35(24)23-12-22(17-13-28-29-14-17)31-21-5-3-2-4-19(21)23/h2-5,10-15H,6-9H2,1H3,(H,28,29)(H,30,32,33). The average molecular weight is 478 g/mol. The highest BCUT2D eigenvalue weighted by atomic mass is 16.5. The molecule has 1 aliphatic rings. The fraction of sp³-hybridized carbons (Fsp3) is 0.192. The molecule has 0 spiro atoms. The summed E-state index contributed by atoms with van der Waals surface area (Å²) < 4.78 is 7.74. The van der Waals surface area contributed by atoms with Crippen molar-refractivity contribution in [2.24, 2.45) is 0 Å². The number of nitrogens with zero attached hydrogens (tertiary/aromatic N) is 7. The molecule has 0 bridgehead atoms. The van der Waals surface area contributed by atoms with Crippen molar-refractivity contribution >= 4 is 27.6 Å². The SMILES string of the molecule is Cc1nnc(-c2cc(N3CCOCC3)cc3c2ncn3-c2cc(-c3cn[nH]c3)nc3ccccc23)[nH]1. The van der Waals surface area contributed by atoms with E-state index in [4.69, 9.17) is 14.7 Å². The van der Waals surface area contributed by atoms with Crippen LogP contribution in [0.1, 0.15) is 5.82 Å². The zero-order valence-corrected chi connectivity index (χ0v) is 19.6. The number of rotatable bonds is 4. The number of ether oxygens (including phenoxy) is 1. The lowest BCUT2D eigenvalue weighted by Crippen LogP contribution is -2.36. The number of aryl methyl sites for hydroxylation is 1. The number of H-pyrrole nitrogens is 2. The van der Waals surface area contributed by atoms with E-state index in [0.717, 1.165) is 69.0 Å². The van der Waals surface area contributed by atoms with Crippen LogP contribution in [0.25, 0.3) is 50.3 Å². The van der Waals surface area contributed by atoms with E-state index in [1.54, 1.807) is 6.20 Å². The fourth-order valence-corrected chi connectivity index (χ4v) is 4.84. The normalized spacial score (nSPS) is 14.2. The number of aromatic amines is 2. The quantitative estimate of drug-likeness (QED) is 0.396. The summed E-state index contributed by atoms with van der Waals surface area (Å²) in [6.45, 7) is 4.97. The van der Waals surface area contributed by atoms with Gasteiger partial charge in [0.05, 0.1) is 47.3 Å². The van der Waals surface area contributed by atoms with Crippen molar-refractivity contribution in [1.29, 1.82) is 0 Å². The Morgan fingerprint density at radius 2 is 1.92 bits per heavy atom. The first-order valence-electron chi connectivity index (χ1n) is 11.9. The monoisotopic (exact) mass is 477 g/mol. The molecule has 2 aromatic carbocycles. The number of pyridine rings is 1. The van der Waals surface area contributed by atoms with Crippen molar-refractivity contribution in [3.63, 3.8) is 0 Å². The summed E-state index contributed by atoms with van der Waals surface area (Å²) >= 11 is 0. The minimum Gasteiger partial charge on any atom is -0.378 e. The first-order valence-corrected chi connectivity index (χ1v) is 11.9. The summed E-state index contributed by atoms with van der Waals surface area (Å²) in [5, 5.41) is 16.6. The number of imidazole rings is 1. The first-order chi connectivity index (χ1) is 17.7. The van der Waals surface area contributed by atoms with Gasteiger partial charge < -0.3 is 14.6 Å². The summed E-state index contributed by atoms with van der Waals surface area (Å²) in [5.41, 5.74) is 7.54. The van der Waals surface area contributed by atoms with E-state index in [2.05, 4.69) is 59.1 Å². The Kier molecular flexibility index (Phi) is 4.78. The zero-order valence-electron chi connectivity index (χ0n) is 19.6. The smallest absolute Gasteiger partial charge is 0.163 e. The molecule has 1 saturated heterocycles. The molecule has 10 nitrogen and oxygen atoms in total. The minimum absolute atomic E-state index is 0.705. The number of benzene rings is 2. The van der Waals surface area contributed by atoms with E-state index >= 15 is 0 Å². The second kappa shape index (κ2) is 8.28. The topological polar surface area (TPSA) is 113 Å². The van der Waals surface area contributed by atoms with Gasteiger partial charge >= 0.3 is 0 Å². The van der Waals surface area contributed by atoms with Gasteiger partial charge in [-0.05, 0) is 31.2 Å². The molecule has 178 valence electrons. The Hall–Kier alpha value is -4.57. The molecular weight excluding hydrogens is 454 g/mol. The fourth-order valence-electron chi connectivity index (χ4n) is 4.84. The third kappa shape index (κ3) is 3.42. The second-order valence-corrected chi connectivity index (χ2v) is 8.86. The maximum absolute atomic E-state index is 5.60. The highest BCUT2D eigenvalue weighted by Gasteiger charge is 2.20. The molecule has 5 heterocycles. The average Bonchev–Trinajstić information content (AvgIpc) is 3.69. The third-order valence-corrected chi connectivity index (χ3v) is 6.61. The van der Waals surface area contributed by atoms with Gasteiger partial charge in [0, 0.05) is 41.5 Å². The van der Waals surface area contributed by atoms with Crippen LogP contribution in [0.5, 0.6) is 0 Å². The maximum atomic E-state index is 5.60. The number of para-hydroxylation sites is 1. The number of fused-ring (bicyclic) bond motifs is 2. The van der Waals surface area contributed by atoms with Gasteiger partial charge in [-0.15, -0.1) is 10.2 Å². The Bertz CT molecular complexity index is 1690.